The van der Waals surface area contributed by atoms with Gasteiger partial charge < -0.3 is 19.5 Å². The van der Waals surface area contributed by atoms with Gasteiger partial charge >= 0.3 is 0 Å². The number of ether oxygens (including phenoxy) is 1. The van der Waals surface area contributed by atoms with E-state index in [-0.39, 0.29) is 11.8 Å². The molecule has 38 heavy (non-hydrogen) atoms. The highest BCUT2D eigenvalue weighted by atomic mass is 32.1. The van der Waals surface area contributed by atoms with E-state index in [0.29, 0.717) is 6.54 Å². The predicted octanol–water partition coefficient (Wildman–Crippen LogP) is 4.90. The van der Waals surface area contributed by atoms with Gasteiger partial charge in [-0.1, -0.05) is 54.6 Å². The van der Waals surface area contributed by atoms with Crippen LogP contribution in [0.15, 0.2) is 72.1 Å². The number of hydrogen-bond donors (Lipinski definition) is 1. The molecule has 1 N–H and O–H groups in total. The Bertz CT molecular complexity index is 1310. The Kier molecular flexibility index (Phi) is 8.91. The SMILES string of the molecule is CN(C)CCn1c(C(=O)NCCCN2CCOCC2)c(C(c2ccccc2)c2cccs2)c2ccccc21. The lowest BCUT2D eigenvalue weighted by Gasteiger charge is -2.26. The molecule has 1 unspecified atom stereocenters. The summed E-state index contributed by atoms with van der Waals surface area (Å²) in [5, 5.41) is 6.56. The summed E-state index contributed by atoms with van der Waals surface area (Å²) < 4.78 is 7.71. The minimum Gasteiger partial charge on any atom is -0.379 e. The van der Waals surface area contributed by atoms with Crippen LogP contribution < -0.4 is 5.32 Å². The summed E-state index contributed by atoms with van der Waals surface area (Å²) in [6.45, 7) is 6.76. The van der Waals surface area contributed by atoms with Crippen LogP contribution in [0, 0.1) is 0 Å². The Morgan fingerprint density at radius 1 is 1.00 bits per heavy atom. The van der Waals surface area contributed by atoms with Gasteiger partial charge in [-0.15, -0.1) is 11.3 Å². The van der Waals surface area contributed by atoms with Crippen molar-refractivity contribution in [2.24, 2.45) is 0 Å². The molecule has 0 spiro atoms. The Hall–Kier alpha value is -2.97. The van der Waals surface area contributed by atoms with E-state index in [4.69, 9.17) is 4.74 Å². The number of aromatic nitrogens is 1. The average Bonchev–Trinajstić information content (AvgIpc) is 3.58. The number of fused-ring (bicyclic) bond motifs is 1. The Balaban J connectivity index is 1.54. The fraction of sp³-hybridized carbons (Fsp3) is 0.387. The van der Waals surface area contributed by atoms with Crippen LogP contribution in [-0.4, -0.2) is 80.3 Å². The van der Waals surface area contributed by atoms with Gasteiger partial charge in [-0.3, -0.25) is 9.69 Å². The summed E-state index contributed by atoms with van der Waals surface area (Å²) in [4.78, 5) is 19.9. The molecule has 2 aromatic carbocycles. The van der Waals surface area contributed by atoms with Crippen LogP contribution in [0.25, 0.3) is 10.9 Å². The van der Waals surface area contributed by atoms with Crippen LogP contribution in [0.4, 0.5) is 0 Å². The maximum Gasteiger partial charge on any atom is 0.268 e. The smallest absolute Gasteiger partial charge is 0.268 e. The molecule has 3 heterocycles. The second-order valence-electron chi connectivity index (χ2n) is 10.2. The summed E-state index contributed by atoms with van der Waals surface area (Å²) in [6.07, 6.45) is 0.923. The van der Waals surface area contributed by atoms with Crippen molar-refractivity contribution >= 4 is 28.1 Å². The second-order valence-corrected chi connectivity index (χ2v) is 11.1. The molecule has 2 aromatic heterocycles. The highest BCUT2D eigenvalue weighted by Crippen LogP contribution is 2.41. The normalized spacial score (nSPS) is 15.2. The van der Waals surface area contributed by atoms with Crippen LogP contribution in [0.1, 0.15) is 38.8 Å². The molecule has 6 nitrogen and oxygen atoms in total. The van der Waals surface area contributed by atoms with Crippen molar-refractivity contribution in [1.82, 2.24) is 19.7 Å². The van der Waals surface area contributed by atoms with Crippen molar-refractivity contribution < 1.29 is 9.53 Å². The number of morpholine rings is 1. The molecule has 0 radical (unpaired) electrons. The highest BCUT2D eigenvalue weighted by Gasteiger charge is 2.30. The maximum atomic E-state index is 14.1. The number of carbonyl (C=O) groups excluding carboxylic acids is 1. The molecule has 0 bridgehead atoms. The topological polar surface area (TPSA) is 49.7 Å². The number of carbonyl (C=O) groups is 1. The third kappa shape index (κ3) is 6.02. The van der Waals surface area contributed by atoms with Gasteiger partial charge in [0.1, 0.15) is 5.69 Å². The van der Waals surface area contributed by atoms with Gasteiger partial charge in [-0.05, 0) is 50.1 Å². The third-order valence-electron chi connectivity index (χ3n) is 7.29. The number of benzene rings is 2. The van der Waals surface area contributed by atoms with E-state index in [9.17, 15) is 4.79 Å². The van der Waals surface area contributed by atoms with Crippen LogP contribution in [-0.2, 0) is 11.3 Å². The van der Waals surface area contributed by atoms with Gasteiger partial charge in [0.2, 0.25) is 0 Å². The van der Waals surface area contributed by atoms with Gasteiger partial charge in [0, 0.05) is 60.0 Å². The van der Waals surface area contributed by atoms with Gasteiger partial charge in [-0.25, -0.2) is 0 Å². The molecule has 1 fully saturated rings. The van der Waals surface area contributed by atoms with E-state index in [0.717, 1.165) is 74.5 Å². The van der Waals surface area contributed by atoms with Crippen molar-refractivity contribution in [2.75, 3.05) is 60.0 Å². The van der Waals surface area contributed by atoms with E-state index < -0.39 is 0 Å². The minimum absolute atomic E-state index is 0.00872. The fourth-order valence-electron chi connectivity index (χ4n) is 5.39. The molecule has 4 aromatic rings. The van der Waals surface area contributed by atoms with Crippen molar-refractivity contribution in [3.05, 3.63) is 93.8 Å². The quantitative estimate of drug-likeness (QED) is 0.281. The third-order valence-corrected chi connectivity index (χ3v) is 8.22. The van der Waals surface area contributed by atoms with Gasteiger partial charge in [-0.2, -0.15) is 0 Å². The first-order valence-electron chi connectivity index (χ1n) is 13.6. The lowest BCUT2D eigenvalue weighted by Crippen LogP contribution is -2.38. The van der Waals surface area contributed by atoms with E-state index >= 15 is 0 Å². The number of rotatable bonds is 11. The zero-order chi connectivity index (χ0) is 26.3. The van der Waals surface area contributed by atoms with Crippen molar-refractivity contribution in [3.8, 4) is 0 Å². The first-order chi connectivity index (χ1) is 18.6. The summed E-state index contributed by atoms with van der Waals surface area (Å²) in [7, 11) is 4.16. The maximum absolute atomic E-state index is 14.1. The molecule has 1 saturated heterocycles. The van der Waals surface area contributed by atoms with E-state index in [1.807, 2.05) is 0 Å². The van der Waals surface area contributed by atoms with Crippen molar-refractivity contribution in [1.29, 1.82) is 0 Å². The molecule has 1 aliphatic heterocycles. The standard InChI is InChI=1S/C31H38N4O2S/c1-33(2)17-18-35-26-13-7-6-12-25(26)29(28(27-14-8-23-38-27)24-10-4-3-5-11-24)30(35)31(36)32-15-9-16-34-19-21-37-22-20-34/h3-8,10-14,23,28H,9,15-22H2,1-2H3,(H,32,36). The first-order valence-corrected chi connectivity index (χ1v) is 14.4. The van der Waals surface area contributed by atoms with Crippen LogP contribution in [0.5, 0.6) is 0 Å². The van der Waals surface area contributed by atoms with E-state index in [1.165, 1.54) is 10.4 Å². The molecule has 200 valence electrons. The largest absolute Gasteiger partial charge is 0.379 e. The number of thiophene rings is 1. The lowest BCUT2D eigenvalue weighted by molar-refractivity contribution is 0.0374. The molecule has 7 heteroatoms. The fourth-order valence-corrected chi connectivity index (χ4v) is 6.25. The van der Waals surface area contributed by atoms with Crippen LogP contribution in [0.3, 0.4) is 0 Å². The van der Waals surface area contributed by atoms with E-state index in [1.54, 1.807) is 11.3 Å². The predicted molar refractivity (Wildman–Crippen MR) is 156 cm³/mol. The lowest BCUT2D eigenvalue weighted by atomic mass is 9.87. The molecule has 0 aliphatic carbocycles. The molecule has 1 amide bonds. The Morgan fingerprint density at radius 2 is 1.76 bits per heavy atom. The molecule has 5 rings (SSSR count). The highest BCUT2D eigenvalue weighted by molar-refractivity contribution is 7.10. The summed E-state index contributed by atoms with van der Waals surface area (Å²) in [6, 6.07) is 23.4. The Morgan fingerprint density at radius 3 is 2.50 bits per heavy atom. The summed E-state index contributed by atoms with van der Waals surface area (Å²) in [5.74, 6) is -0.00905. The summed E-state index contributed by atoms with van der Waals surface area (Å²) in [5.41, 5.74) is 4.19. The number of hydrogen-bond acceptors (Lipinski definition) is 5. The Labute approximate surface area is 229 Å². The number of nitrogens with one attached hydrogen (secondary N) is 1. The zero-order valence-electron chi connectivity index (χ0n) is 22.4. The first kappa shape index (κ1) is 26.6. The molecular weight excluding hydrogens is 492 g/mol. The van der Waals surface area contributed by atoms with E-state index in [2.05, 4.69) is 106 Å². The number of amides is 1. The molecule has 1 atom stereocenters. The van der Waals surface area contributed by atoms with Gasteiger partial charge in [0.25, 0.3) is 5.91 Å². The van der Waals surface area contributed by atoms with Crippen molar-refractivity contribution in [2.45, 2.75) is 18.9 Å². The number of nitrogens with zero attached hydrogens (tertiary/aromatic N) is 3. The van der Waals surface area contributed by atoms with Crippen LogP contribution in [0.2, 0.25) is 0 Å². The molecule has 1 aliphatic rings. The molecular formula is C31H38N4O2S. The van der Waals surface area contributed by atoms with Gasteiger partial charge in [0.15, 0.2) is 0 Å². The minimum atomic E-state index is -0.0178. The average molecular weight is 531 g/mol. The van der Waals surface area contributed by atoms with Crippen LogP contribution >= 0.6 is 11.3 Å². The number of likely N-dealkylation sites (N-methyl/N-ethyl adjacent to an activating group) is 1. The zero-order valence-corrected chi connectivity index (χ0v) is 23.3. The second kappa shape index (κ2) is 12.7. The molecule has 0 saturated carbocycles. The monoisotopic (exact) mass is 530 g/mol. The number of para-hydroxylation sites is 1. The van der Waals surface area contributed by atoms with Gasteiger partial charge in [0.05, 0.1) is 13.2 Å². The summed E-state index contributed by atoms with van der Waals surface area (Å²) >= 11 is 1.75. The van der Waals surface area contributed by atoms with Crippen molar-refractivity contribution in [3.63, 3.8) is 0 Å².